The zero-order valence-electron chi connectivity index (χ0n) is 14.6. The van der Waals surface area contributed by atoms with E-state index in [-0.39, 0.29) is 5.91 Å². The Morgan fingerprint density at radius 3 is 2.41 bits per heavy atom. The number of hydrogen-bond donors (Lipinski definition) is 2. The molecule has 1 fully saturated rings. The number of hydrogen-bond acceptors (Lipinski definition) is 5. The molecule has 0 unspecified atom stereocenters. The number of benzene rings is 1. The van der Waals surface area contributed by atoms with Gasteiger partial charge in [-0.2, -0.15) is 13.2 Å². The maximum Gasteiger partial charge on any atom is 0.490 e. The van der Waals surface area contributed by atoms with Crippen LogP contribution in [-0.2, 0) is 4.79 Å². The summed E-state index contributed by atoms with van der Waals surface area (Å²) in [4.78, 5) is 27.6. The standard InChI is InChI=1S/C15H19N3OS.C2HF3O2/c1-18(11-5-3-2-4-6-11)14(19)10-7-8-13-12(9-10)17-15(16)20-13;3-2(4,5)1(6)7/h7-9,11H,2-6H2,1H3,(H2,16,17);(H,6,7). The van der Waals surface area contributed by atoms with E-state index in [0.717, 1.165) is 23.1 Å². The largest absolute Gasteiger partial charge is 0.490 e. The van der Waals surface area contributed by atoms with Crippen LogP contribution in [0, 0.1) is 0 Å². The summed E-state index contributed by atoms with van der Waals surface area (Å²) >= 11 is 1.45. The number of thiazole rings is 1. The van der Waals surface area contributed by atoms with Crippen LogP contribution in [0.25, 0.3) is 10.2 Å². The molecule has 27 heavy (non-hydrogen) atoms. The predicted octanol–water partition coefficient (Wildman–Crippen LogP) is 3.92. The van der Waals surface area contributed by atoms with Crippen LogP contribution >= 0.6 is 11.3 Å². The third-order valence-electron chi connectivity index (χ3n) is 4.34. The van der Waals surface area contributed by atoms with Crippen LogP contribution in [0.2, 0.25) is 0 Å². The number of carboxylic acid groups (broad SMARTS) is 1. The molecule has 10 heteroatoms. The molecular formula is C17H20F3N3O3S. The average Bonchev–Trinajstić information content (AvgIpc) is 3.00. The Hall–Kier alpha value is -2.36. The molecule has 148 valence electrons. The molecule has 0 aliphatic heterocycles. The second-order valence-electron chi connectivity index (χ2n) is 6.25. The Morgan fingerprint density at radius 2 is 1.85 bits per heavy atom. The van der Waals surface area contributed by atoms with Gasteiger partial charge in [-0.3, -0.25) is 4.79 Å². The van der Waals surface area contributed by atoms with Crippen molar-refractivity contribution in [2.24, 2.45) is 0 Å². The zero-order valence-corrected chi connectivity index (χ0v) is 15.4. The van der Waals surface area contributed by atoms with Gasteiger partial charge in [-0.25, -0.2) is 9.78 Å². The molecule has 3 rings (SSSR count). The SMILES string of the molecule is CN(C(=O)c1ccc2sc(N)nc2c1)C1CCCCC1.O=C(O)C(F)(F)F. The number of nitrogen functional groups attached to an aromatic ring is 1. The molecule has 1 aromatic heterocycles. The lowest BCUT2D eigenvalue weighted by atomic mass is 9.94. The number of carboxylic acids is 1. The minimum atomic E-state index is -5.08. The zero-order chi connectivity index (χ0) is 20.2. The van der Waals surface area contributed by atoms with Gasteiger partial charge in [-0.15, -0.1) is 0 Å². The van der Waals surface area contributed by atoms with Crippen LogP contribution in [0.1, 0.15) is 42.5 Å². The van der Waals surface area contributed by atoms with Gasteiger partial charge >= 0.3 is 12.1 Å². The number of fused-ring (bicyclic) bond motifs is 1. The lowest BCUT2D eigenvalue weighted by Gasteiger charge is -2.31. The van der Waals surface area contributed by atoms with Crippen LogP contribution in [-0.4, -0.2) is 46.1 Å². The van der Waals surface area contributed by atoms with Gasteiger partial charge in [0.2, 0.25) is 0 Å². The second kappa shape index (κ2) is 8.55. The van der Waals surface area contributed by atoms with Gasteiger partial charge in [0.15, 0.2) is 5.13 Å². The summed E-state index contributed by atoms with van der Waals surface area (Å²) in [6.07, 6.45) is 0.902. The Morgan fingerprint density at radius 1 is 1.26 bits per heavy atom. The van der Waals surface area contributed by atoms with Gasteiger partial charge in [-0.1, -0.05) is 30.6 Å². The second-order valence-corrected chi connectivity index (χ2v) is 7.31. The number of carbonyl (C=O) groups excluding carboxylic acids is 1. The third-order valence-corrected chi connectivity index (χ3v) is 5.20. The lowest BCUT2D eigenvalue weighted by molar-refractivity contribution is -0.192. The number of nitrogens with zero attached hydrogens (tertiary/aromatic N) is 2. The molecule has 0 atom stereocenters. The van der Waals surface area contributed by atoms with Crippen molar-refractivity contribution in [2.45, 2.75) is 44.3 Å². The highest BCUT2D eigenvalue weighted by Crippen LogP contribution is 2.26. The van der Waals surface area contributed by atoms with Gasteiger partial charge in [0, 0.05) is 18.7 Å². The first-order valence-electron chi connectivity index (χ1n) is 8.33. The number of rotatable bonds is 2. The number of aromatic nitrogens is 1. The van der Waals surface area contributed by atoms with Crippen LogP contribution in [0.15, 0.2) is 18.2 Å². The Labute approximate surface area is 157 Å². The van der Waals surface area contributed by atoms with E-state index in [4.69, 9.17) is 15.6 Å². The normalized spacial score (nSPS) is 15.1. The fourth-order valence-corrected chi connectivity index (χ4v) is 3.63. The van der Waals surface area contributed by atoms with E-state index in [9.17, 15) is 18.0 Å². The fourth-order valence-electron chi connectivity index (χ4n) is 2.92. The molecule has 3 N–H and O–H groups in total. The fraction of sp³-hybridized carbons (Fsp3) is 0.471. The number of carbonyl (C=O) groups is 2. The van der Waals surface area contributed by atoms with Crippen LogP contribution in [0.3, 0.4) is 0 Å². The number of nitrogens with two attached hydrogens (primary N) is 1. The highest BCUT2D eigenvalue weighted by Gasteiger charge is 2.38. The third kappa shape index (κ3) is 5.56. The summed E-state index contributed by atoms with van der Waals surface area (Å²) in [6.45, 7) is 0. The molecule has 1 heterocycles. The minimum Gasteiger partial charge on any atom is -0.475 e. The van der Waals surface area contributed by atoms with Crippen molar-refractivity contribution in [1.29, 1.82) is 0 Å². The monoisotopic (exact) mass is 403 g/mol. The molecule has 1 amide bonds. The molecule has 6 nitrogen and oxygen atoms in total. The molecule has 0 saturated heterocycles. The summed E-state index contributed by atoms with van der Waals surface area (Å²) in [6, 6.07) is 6.05. The van der Waals surface area contributed by atoms with Crippen LogP contribution in [0.4, 0.5) is 18.3 Å². The first-order valence-corrected chi connectivity index (χ1v) is 9.14. The molecule has 1 aromatic carbocycles. The van der Waals surface area contributed by atoms with Crippen molar-refractivity contribution in [3.05, 3.63) is 23.8 Å². The Kier molecular flexibility index (Phi) is 6.63. The first-order chi connectivity index (χ1) is 12.6. The smallest absolute Gasteiger partial charge is 0.475 e. The quantitative estimate of drug-likeness (QED) is 0.792. The molecule has 0 spiro atoms. The van der Waals surface area contributed by atoms with Gasteiger partial charge in [0.1, 0.15) is 0 Å². The van der Waals surface area contributed by atoms with Crippen molar-refractivity contribution in [3.63, 3.8) is 0 Å². The summed E-state index contributed by atoms with van der Waals surface area (Å²) in [7, 11) is 1.91. The summed E-state index contributed by atoms with van der Waals surface area (Å²) in [5.41, 5.74) is 7.23. The lowest BCUT2D eigenvalue weighted by Crippen LogP contribution is -2.38. The summed E-state index contributed by atoms with van der Waals surface area (Å²) in [5.74, 6) is -2.67. The molecule has 1 aliphatic rings. The van der Waals surface area contributed by atoms with Gasteiger partial charge < -0.3 is 15.7 Å². The minimum absolute atomic E-state index is 0.0883. The van der Waals surface area contributed by atoms with Crippen molar-refractivity contribution in [3.8, 4) is 0 Å². The number of amides is 1. The maximum atomic E-state index is 12.6. The van der Waals surface area contributed by atoms with E-state index in [1.165, 1.54) is 30.6 Å². The number of aliphatic carboxylic acids is 1. The topological polar surface area (TPSA) is 96.5 Å². The molecule has 0 bridgehead atoms. The summed E-state index contributed by atoms with van der Waals surface area (Å²) < 4.78 is 32.8. The van der Waals surface area contributed by atoms with Crippen molar-refractivity contribution >= 4 is 38.6 Å². The van der Waals surface area contributed by atoms with E-state index < -0.39 is 12.1 Å². The molecule has 1 aliphatic carbocycles. The van der Waals surface area contributed by atoms with Crippen LogP contribution < -0.4 is 5.73 Å². The average molecular weight is 403 g/mol. The molecule has 2 aromatic rings. The number of anilines is 1. The van der Waals surface area contributed by atoms with Crippen molar-refractivity contribution in [1.82, 2.24) is 9.88 Å². The van der Waals surface area contributed by atoms with E-state index in [1.54, 1.807) is 0 Å². The van der Waals surface area contributed by atoms with Crippen LogP contribution in [0.5, 0.6) is 0 Å². The maximum absolute atomic E-state index is 12.6. The van der Waals surface area contributed by atoms with E-state index in [2.05, 4.69) is 4.98 Å². The molecule has 1 saturated carbocycles. The highest BCUT2D eigenvalue weighted by atomic mass is 32.1. The van der Waals surface area contributed by atoms with Gasteiger partial charge in [-0.05, 0) is 31.0 Å². The number of alkyl halides is 3. The Bertz CT molecular complexity index is 817. The van der Waals surface area contributed by atoms with Gasteiger partial charge in [0.05, 0.1) is 10.2 Å². The van der Waals surface area contributed by atoms with E-state index in [0.29, 0.717) is 16.7 Å². The predicted molar refractivity (Wildman–Crippen MR) is 96.7 cm³/mol. The van der Waals surface area contributed by atoms with Crippen molar-refractivity contribution in [2.75, 3.05) is 12.8 Å². The van der Waals surface area contributed by atoms with E-state index in [1.807, 2.05) is 30.1 Å². The Balaban J connectivity index is 0.000000321. The van der Waals surface area contributed by atoms with E-state index >= 15 is 0 Å². The summed E-state index contributed by atoms with van der Waals surface area (Å²) in [5, 5.41) is 7.67. The highest BCUT2D eigenvalue weighted by molar-refractivity contribution is 7.22. The molecular weight excluding hydrogens is 383 g/mol. The molecule has 0 radical (unpaired) electrons. The first kappa shape index (κ1) is 20.9. The van der Waals surface area contributed by atoms with Gasteiger partial charge in [0.25, 0.3) is 5.91 Å². The number of halogens is 3. The van der Waals surface area contributed by atoms with Crippen molar-refractivity contribution < 1.29 is 27.9 Å².